The lowest BCUT2D eigenvalue weighted by Gasteiger charge is -2.17. The molecule has 0 fully saturated rings. The lowest BCUT2D eigenvalue weighted by atomic mass is 10.1. The lowest BCUT2D eigenvalue weighted by Crippen LogP contribution is -2.26. The van der Waals surface area contributed by atoms with Crippen molar-refractivity contribution in [1.29, 1.82) is 0 Å². The number of unbranched alkanes of at least 4 members (excludes halogenated alkanes) is 2. The number of benzene rings is 1. The van der Waals surface area contributed by atoms with Gasteiger partial charge in [0.1, 0.15) is 5.75 Å². The smallest absolute Gasteiger partial charge is 0.152 e. The summed E-state index contributed by atoms with van der Waals surface area (Å²) >= 11 is 0. The summed E-state index contributed by atoms with van der Waals surface area (Å²) < 4.78 is 29.7. The van der Waals surface area contributed by atoms with Crippen molar-refractivity contribution < 1.29 is 13.2 Å². The van der Waals surface area contributed by atoms with Crippen LogP contribution < -0.4 is 10.1 Å². The van der Waals surface area contributed by atoms with Crippen molar-refractivity contribution in [2.75, 3.05) is 25.2 Å². The molecule has 5 heteroatoms. The van der Waals surface area contributed by atoms with Gasteiger partial charge in [0.2, 0.25) is 0 Å². The molecule has 0 aliphatic rings. The van der Waals surface area contributed by atoms with Gasteiger partial charge in [0.25, 0.3) is 0 Å². The summed E-state index contributed by atoms with van der Waals surface area (Å²) in [5, 5.41) is 3.10. The van der Waals surface area contributed by atoms with Crippen LogP contribution >= 0.6 is 0 Å². The molecule has 0 heterocycles. The minimum absolute atomic E-state index is 0.140. The highest BCUT2D eigenvalue weighted by Crippen LogP contribution is 2.19. The van der Waals surface area contributed by atoms with Crippen LogP contribution in [0.5, 0.6) is 5.75 Å². The van der Waals surface area contributed by atoms with Crippen molar-refractivity contribution in [3.63, 3.8) is 0 Å². The monoisotopic (exact) mass is 313 g/mol. The third-order valence-corrected chi connectivity index (χ3v) is 5.17. The van der Waals surface area contributed by atoms with Crippen molar-refractivity contribution in [3.05, 3.63) is 29.8 Å². The normalized spacial score (nSPS) is 13.1. The molecule has 0 spiro atoms. The van der Waals surface area contributed by atoms with E-state index in [0.29, 0.717) is 6.61 Å². The minimum Gasteiger partial charge on any atom is -0.494 e. The molecule has 0 bridgehead atoms. The van der Waals surface area contributed by atoms with Gasteiger partial charge in [-0.25, -0.2) is 8.42 Å². The van der Waals surface area contributed by atoms with Crippen LogP contribution in [0.25, 0.3) is 0 Å². The summed E-state index contributed by atoms with van der Waals surface area (Å²) in [4.78, 5) is 0. The van der Waals surface area contributed by atoms with Crippen LogP contribution in [-0.2, 0) is 9.84 Å². The van der Waals surface area contributed by atoms with Gasteiger partial charge in [-0.15, -0.1) is 0 Å². The van der Waals surface area contributed by atoms with Crippen LogP contribution in [0.3, 0.4) is 0 Å². The van der Waals surface area contributed by atoms with Gasteiger partial charge < -0.3 is 10.1 Å². The van der Waals surface area contributed by atoms with Crippen LogP contribution in [0.4, 0.5) is 0 Å². The molecule has 1 N–H and O–H groups in total. The van der Waals surface area contributed by atoms with E-state index in [1.807, 2.05) is 31.2 Å². The molecule has 0 aliphatic carbocycles. The van der Waals surface area contributed by atoms with Crippen molar-refractivity contribution in [3.8, 4) is 5.75 Å². The van der Waals surface area contributed by atoms with Crippen molar-refractivity contribution in [2.24, 2.45) is 0 Å². The summed E-state index contributed by atoms with van der Waals surface area (Å²) in [5.41, 5.74) is 0.972. The second-order valence-corrected chi connectivity index (χ2v) is 7.39. The predicted octanol–water partition coefficient (Wildman–Crippen LogP) is 2.95. The fraction of sp³-hybridized carbons (Fsp3) is 0.625. The Labute approximate surface area is 128 Å². The maximum absolute atomic E-state index is 12.2. The molecule has 0 radical (unpaired) electrons. The first-order valence-electron chi connectivity index (χ1n) is 7.62. The molecular weight excluding hydrogens is 286 g/mol. The Balaban J connectivity index is 2.69. The van der Waals surface area contributed by atoms with Crippen LogP contribution in [0.15, 0.2) is 24.3 Å². The minimum atomic E-state index is -3.03. The molecule has 120 valence electrons. The third kappa shape index (κ3) is 6.48. The largest absolute Gasteiger partial charge is 0.494 e. The fourth-order valence-electron chi connectivity index (χ4n) is 2.22. The van der Waals surface area contributed by atoms with E-state index < -0.39 is 9.84 Å². The first kappa shape index (κ1) is 18.0. The highest BCUT2D eigenvalue weighted by Gasteiger charge is 2.19. The van der Waals surface area contributed by atoms with E-state index in [0.717, 1.165) is 30.6 Å². The van der Waals surface area contributed by atoms with E-state index in [4.69, 9.17) is 4.74 Å². The van der Waals surface area contributed by atoms with Gasteiger partial charge in [-0.1, -0.05) is 31.9 Å². The zero-order chi connectivity index (χ0) is 15.7. The maximum Gasteiger partial charge on any atom is 0.152 e. The topological polar surface area (TPSA) is 55.4 Å². The Morgan fingerprint density at radius 3 is 2.33 bits per heavy atom. The van der Waals surface area contributed by atoms with E-state index in [9.17, 15) is 8.42 Å². The zero-order valence-electron chi connectivity index (χ0n) is 13.3. The van der Waals surface area contributed by atoms with Crippen molar-refractivity contribution >= 4 is 9.84 Å². The number of hydrogen-bond donors (Lipinski definition) is 1. The van der Waals surface area contributed by atoms with Crippen LogP contribution in [0, 0.1) is 0 Å². The first-order chi connectivity index (χ1) is 10.0. The first-order valence-corrected chi connectivity index (χ1v) is 9.45. The summed E-state index contributed by atoms with van der Waals surface area (Å²) in [6.07, 6.45) is 2.74. The van der Waals surface area contributed by atoms with Gasteiger partial charge in [0, 0.05) is 6.04 Å². The molecule has 4 nitrogen and oxygen atoms in total. The summed E-state index contributed by atoms with van der Waals surface area (Å²) in [6.45, 7) is 4.64. The predicted molar refractivity (Wildman–Crippen MR) is 87.6 cm³/mol. The molecule has 1 unspecified atom stereocenters. The molecule has 0 saturated carbocycles. The summed E-state index contributed by atoms with van der Waals surface area (Å²) in [7, 11) is -1.23. The Hall–Kier alpha value is -1.07. The summed E-state index contributed by atoms with van der Waals surface area (Å²) in [5.74, 6) is 1.22. The second-order valence-electron chi connectivity index (χ2n) is 5.16. The van der Waals surface area contributed by atoms with Crippen molar-refractivity contribution in [2.45, 2.75) is 39.2 Å². The Kier molecular flexibility index (Phi) is 7.75. The van der Waals surface area contributed by atoms with Gasteiger partial charge in [-0.05, 0) is 38.1 Å². The Morgan fingerprint density at radius 1 is 1.14 bits per heavy atom. The molecule has 1 rings (SSSR count). The number of sulfone groups is 1. The standard InChI is InChI=1S/C16H27NO3S/c1-4-6-7-12-21(18,19)13-16(17-3)14-8-10-15(11-9-14)20-5-2/h8-11,16-17H,4-7,12-13H2,1-3H3. The average Bonchev–Trinajstić information content (AvgIpc) is 2.46. The van der Waals surface area contributed by atoms with Gasteiger partial charge >= 0.3 is 0 Å². The average molecular weight is 313 g/mol. The maximum atomic E-state index is 12.2. The fourth-order valence-corrected chi connectivity index (χ4v) is 3.90. The Bertz CT molecular complexity index is 497. The molecule has 0 aromatic heterocycles. The highest BCUT2D eigenvalue weighted by atomic mass is 32.2. The third-order valence-electron chi connectivity index (χ3n) is 3.42. The van der Waals surface area contributed by atoms with E-state index in [1.54, 1.807) is 7.05 Å². The number of ether oxygens (including phenoxy) is 1. The second kappa shape index (κ2) is 9.05. The van der Waals surface area contributed by atoms with E-state index in [-0.39, 0.29) is 17.5 Å². The van der Waals surface area contributed by atoms with Crippen LogP contribution in [0.2, 0.25) is 0 Å². The van der Waals surface area contributed by atoms with E-state index >= 15 is 0 Å². The molecule has 21 heavy (non-hydrogen) atoms. The molecule has 0 saturated heterocycles. The van der Waals surface area contributed by atoms with E-state index in [2.05, 4.69) is 12.2 Å². The molecule has 1 aromatic rings. The van der Waals surface area contributed by atoms with Gasteiger partial charge in [-0.3, -0.25) is 0 Å². The van der Waals surface area contributed by atoms with Gasteiger partial charge in [0.15, 0.2) is 9.84 Å². The lowest BCUT2D eigenvalue weighted by molar-refractivity contribution is 0.340. The highest BCUT2D eigenvalue weighted by molar-refractivity contribution is 7.91. The van der Waals surface area contributed by atoms with Crippen molar-refractivity contribution in [1.82, 2.24) is 5.32 Å². The molecule has 0 aliphatic heterocycles. The number of rotatable bonds is 10. The zero-order valence-corrected chi connectivity index (χ0v) is 14.1. The SMILES string of the molecule is CCCCCS(=O)(=O)CC(NC)c1ccc(OCC)cc1. The summed E-state index contributed by atoms with van der Waals surface area (Å²) in [6, 6.07) is 7.44. The Morgan fingerprint density at radius 2 is 1.81 bits per heavy atom. The van der Waals surface area contributed by atoms with Gasteiger partial charge in [0.05, 0.1) is 18.1 Å². The number of nitrogens with one attached hydrogen (secondary N) is 1. The number of hydrogen-bond acceptors (Lipinski definition) is 4. The molecular formula is C16H27NO3S. The molecule has 0 amide bonds. The quantitative estimate of drug-likeness (QED) is 0.675. The molecule has 1 atom stereocenters. The van der Waals surface area contributed by atoms with Gasteiger partial charge in [-0.2, -0.15) is 0 Å². The van der Waals surface area contributed by atoms with E-state index in [1.165, 1.54) is 0 Å². The van der Waals surface area contributed by atoms with Crippen LogP contribution in [-0.4, -0.2) is 33.6 Å². The molecule has 1 aromatic carbocycles. The van der Waals surface area contributed by atoms with Crippen LogP contribution in [0.1, 0.15) is 44.7 Å².